The second-order valence-corrected chi connectivity index (χ2v) is 6.12. The van der Waals surface area contributed by atoms with Crippen molar-refractivity contribution in [1.82, 2.24) is 15.6 Å². The van der Waals surface area contributed by atoms with E-state index in [1.54, 1.807) is 19.3 Å². The third kappa shape index (κ3) is 4.68. The van der Waals surface area contributed by atoms with Gasteiger partial charge in [0.15, 0.2) is 17.6 Å². The summed E-state index contributed by atoms with van der Waals surface area (Å²) in [4.78, 5) is 10.4. The Balaban J connectivity index is 1.47. The SMILES string of the molecule is CN=C(NCCc1ccccc1)NC1CCN(c2ncccc2F)C1. The van der Waals surface area contributed by atoms with Crippen LogP contribution in [-0.4, -0.2) is 43.7 Å². The summed E-state index contributed by atoms with van der Waals surface area (Å²) < 4.78 is 13.9. The van der Waals surface area contributed by atoms with Crippen molar-refractivity contribution in [3.8, 4) is 0 Å². The van der Waals surface area contributed by atoms with Gasteiger partial charge < -0.3 is 15.5 Å². The molecule has 1 aromatic heterocycles. The van der Waals surface area contributed by atoms with Crippen molar-refractivity contribution < 1.29 is 4.39 Å². The number of pyridine rings is 1. The van der Waals surface area contributed by atoms with Gasteiger partial charge in [-0.2, -0.15) is 0 Å². The highest BCUT2D eigenvalue weighted by Crippen LogP contribution is 2.20. The fraction of sp³-hybridized carbons (Fsp3) is 0.368. The fourth-order valence-corrected chi connectivity index (χ4v) is 3.04. The Morgan fingerprint density at radius 3 is 2.88 bits per heavy atom. The van der Waals surface area contributed by atoms with E-state index < -0.39 is 0 Å². The maximum atomic E-state index is 13.9. The van der Waals surface area contributed by atoms with E-state index in [4.69, 9.17) is 0 Å². The Hall–Kier alpha value is -2.63. The highest BCUT2D eigenvalue weighted by Gasteiger charge is 2.25. The van der Waals surface area contributed by atoms with Crippen LogP contribution < -0.4 is 15.5 Å². The molecule has 1 aliphatic heterocycles. The van der Waals surface area contributed by atoms with E-state index in [-0.39, 0.29) is 11.9 Å². The second-order valence-electron chi connectivity index (χ2n) is 6.12. The number of nitrogens with one attached hydrogen (secondary N) is 2. The molecule has 1 saturated heterocycles. The molecule has 0 bridgehead atoms. The molecule has 0 saturated carbocycles. The lowest BCUT2D eigenvalue weighted by molar-refractivity contribution is 0.612. The van der Waals surface area contributed by atoms with Crippen LogP contribution in [0.5, 0.6) is 0 Å². The third-order valence-electron chi connectivity index (χ3n) is 4.34. The summed E-state index contributed by atoms with van der Waals surface area (Å²) in [6.45, 7) is 2.31. The molecule has 0 radical (unpaired) electrons. The molecule has 0 amide bonds. The number of rotatable bonds is 5. The van der Waals surface area contributed by atoms with Crippen LogP contribution in [0.3, 0.4) is 0 Å². The molecular weight excluding hydrogens is 317 g/mol. The molecule has 1 atom stereocenters. The molecule has 3 rings (SSSR count). The molecule has 0 spiro atoms. The molecule has 2 N–H and O–H groups in total. The number of aliphatic imine (C=N–C) groups is 1. The molecule has 1 aliphatic rings. The summed E-state index contributed by atoms with van der Waals surface area (Å²) in [6, 6.07) is 13.6. The first-order valence-corrected chi connectivity index (χ1v) is 8.63. The minimum Gasteiger partial charge on any atom is -0.356 e. The zero-order valence-corrected chi connectivity index (χ0v) is 14.5. The average molecular weight is 341 g/mol. The minimum atomic E-state index is -0.270. The van der Waals surface area contributed by atoms with E-state index in [1.165, 1.54) is 11.6 Å². The number of guanidine groups is 1. The largest absolute Gasteiger partial charge is 0.356 e. The quantitative estimate of drug-likeness (QED) is 0.647. The molecule has 25 heavy (non-hydrogen) atoms. The monoisotopic (exact) mass is 341 g/mol. The molecule has 1 fully saturated rings. The molecule has 1 aromatic carbocycles. The highest BCUT2D eigenvalue weighted by atomic mass is 19.1. The number of nitrogens with zero attached hydrogens (tertiary/aromatic N) is 3. The summed E-state index contributed by atoms with van der Waals surface area (Å²) in [5.41, 5.74) is 1.29. The normalized spacial score (nSPS) is 17.6. The van der Waals surface area contributed by atoms with Crippen molar-refractivity contribution in [2.45, 2.75) is 18.9 Å². The summed E-state index contributed by atoms with van der Waals surface area (Å²) >= 11 is 0. The van der Waals surface area contributed by atoms with E-state index in [0.29, 0.717) is 12.4 Å². The zero-order chi connectivity index (χ0) is 17.5. The summed E-state index contributed by atoms with van der Waals surface area (Å²) in [5.74, 6) is 0.941. The maximum Gasteiger partial charge on any atom is 0.191 e. The van der Waals surface area contributed by atoms with Crippen molar-refractivity contribution in [3.63, 3.8) is 0 Å². The molecule has 6 heteroatoms. The molecule has 1 unspecified atom stereocenters. The van der Waals surface area contributed by atoms with Crippen molar-refractivity contribution in [3.05, 3.63) is 60.0 Å². The van der Waals surface area contributed by atoms with E-state index >= 15 is 0 Å². The van der Waals surface area contributed by atoms with Gasteiger partial charge in [-0.25, -0.2) is 9.37 Å². The van der Waals surface area contributed by atoms with Gasteiger partial charge in [0.2, 0.25) is 0 Å². The summed E-state index contributed by atoms with van der Waals surface area (Å²) in [6.07, 6.45) is 3.50. The van der Waals surface area contributed by atoms with Gasteiger partial charge >= 0.3 is 0 Å². The highest BCUT2D eigenvalue weighted by molar-refractivity contribution is 5.80. The smallest absolute Gasteiger partial charge is 0.191 e. The van der Waals surface area contributed by atoms with Crippen molar-refractivity contribution in [2.24, 2.45) is 4.99 Å². The second kappa shape index (κ2) is 8.46. The van der Waals surface area contributed by atoms with Crippen LogP contribution in [0.1, 0.15) is 12.0 Å². The van der Waals surface area contributed by atoms with Crippen molar-refractivity contribution in [1.29, 1.82) is 0 Å². The maximum absolute atomic E-state index is 13.9. The zero-order valence-electron chi connectivity index (χ0n) is 14.5. The lowest BCUT2D eigenvalue weighted by atomic mass is 10.1. The number of halogens is 1. The van der Waals surface area contributed by atoms with E-state index in [2.05, 4.69) is 32.7 Å². The number of aromatic nitrogens is 1. The Labute approximate surface area is 148 Å². The molecule has 132 valence electrons. The lowest BCUT2D eigenvalue weighted by Gasteiger charge is -2.20. The van der Waals surface area contributed by atoms with Gasteiger partial charge in [-0.15, -0.1) is 0 Å². The van der Waals surface area contributed by atoms with Gasteiger partial charge in [-0.05, 0) is 30.5 Å². The van der Waals surface area contributed by atoms with Crippen LogP contribution in [0.25, 0.3) is 0 Å². The van der Waals surface area contributed by atoms with Crippen LogP contribution in [-0.2, 0) is 6.42 Å². The predicted molar refractivity (Wildman–Crippen MR) is 99.5 cm³/mol. The number of hydrogen-bond donors (Lipinski definition) is 2. The van der Waals surface area contributed by atoms with Gasteiger partial charge in [-0.1, -0.05) is 30.3 Å². The molecule has 0 aliphatic carbocycles. The topological polar surface area (TPSA) is 52.6 Å². The van der Waals surface area contributed by atoms with E-state index in [0.717, 1.165) is 31.9 Å². The summed E-state index contributed by atoms with van der Waals surface area (Å²) in [7, 11) is 1.77. The van der Waals surface area contributed by atoms with Crippen LogP contribution in [0, 0.1) is 5.82 Å². The van der Waals surface area contributed by atoms with Gasteiger partial charge in [-0.3, -0.25) is 4.99 Å². The van der Waals surface area contributed by atoms with Gasteiger partial charge in [0.25, 0.3) is 0 Å². The molecule has 5 nitrogen and oxygen atoms in total. The Morgan fingerprint density at radius 1 is 1.28 bits per heavy atom. The van der Waals surface area contributed by atoms with Crippen LogP contribution in [0.15, 0.2) is 53.7 Å². The number of benzene rings is 1. The third-order valence-corrected chi connectivity index (χ3v) is 4.34. The Kier molecular flexibility index (Phi) is 5.82. The van der Waals surface area contributed by atoms with Gasteiger partial charge in [0.05, 0.1) is 0 Å². The van der Waals surface area contributed by atoms with Crippen LogP contribution in [0.2, 0.25) is 0 Å². The minimum absolute atomic E-state index is 0.226. The molecule has 2 heterocycles. The Bertz CT molecular complexity index is 704. The lowest BCUT2D eigenvalue weighted by Crippen LogP contribution is -2.45. The summed E-state index contributed by atoms with van der Waals surface area (Å²) in [5, 5.41) is 6.76. The van der Waals surface area contributed by atoms with Gasteiger partial charge in [0, 0.05) is 38.9 Å². The van der Waals surface area contributed by atoms with Crippen molar-refractivity contribution in [2.75, 3.05) is 31.6 Å². The average Bonchev–Trinajstić information content (AvgIpc) is 3.10. The standard InChI is InChI=1S/C19H24FN5/c1-21-19(23-12-9-15-6-3-2-4-7-15)24-16-10-13-25(14-16)18-17(20)8-5-11-22-18/h2-8,11,16H,9-10,12-14H2,1H3,(H2,21,23,24). The molecule has 2 aromatic rings. The predicted octanol–water partition coefficient (Wildman–Crippen LogP) is 2.21. The fourth-order valence-electron chi connectivity index (χ4n) is 3.04. The number of anilines is 1. The molecular formula is C19H24FN5. The van der Waals surface area contributed by atoms with E-state index in [1.807, 2.05) is 23.1 Å². The van der Waals surface area contributed by atoms with Gasteiger partial charge in [0.1, 0.15) is 0 Å². The Morgan fingerprint density at radius 2 is 2.12 bits per heavy atom. The van der Waals surface area contributed by atoms with Crippen LogP contribution in [0.4, 0.5) is 10.2 Å². The first kappa shape index (κ1) is 17.2. The first-order valence-electron chi connectivity index (χ1n) is 8.63. The number of hydrogen-bond acceptors (Lipinski definition) is 3. The first-order chi connectivity index (χ1) is 12.3. The van der Waals surface area contributed by atoms with Crippen molar-refractivity contribution >= 4 is 11.8 Å². The van der Waals surface area contributed by atoms with E-state index in [9.17, 15) is 4.39 Å². The van der Waals surface area contributed by atoms with Crippen LogP contribution >= 0.6 is 0 Å².